The van der Waals surface area contributed by atoms with Crippen LogP contribution in [-0.2, 0) is 0 Å². The van der Waals surface area contributed by atoms with Crippen molar-refractivity contribution in [2.75, 3.05) is 0 Å². The lowest BCUT2D eigenvalue weighted by molar-refractivity contribution is 0.104. The largest absolute Gasteiger partial charge is 0.338 e. The van der Waals surface area contributed by atoms with Gasteiger partial charge in [0.15, 0.2) is 5.78 Å². The molecule has 0 spiro atoms. The summed E-state index contributed by atoms with van der Waals surface area (Å²) in [6.45, 7) is 2.00. The molecule has 0 atom stereocenters. The number of halogens is 1. The molecule has 0 saturated heterocycles. The molecule has 5 rings (SSSR count). The maximum Gasteiger partial charge on any atom is 0.261 e. The summed E-state index contributed by atoms with van der Waals surface area (Å²) in [5, 5.41) is 1.01. The molecule has 7 heteroatoms. The molecule has 6 nitrogen and oxygen atoms in total. The van der Waals surface area contributed by atoms with Crippen LogP contribution in [0.3, 0.4) is 0 Å². The van der Waals surface area contributed by atoms with Crippen LogP contribution in [0.5, 0.6) is 0 Å². The number of nitrogens with one attached hydrogen (secondary N) is 2. The number of aromatic nitrogens is 4. The summed E-state index contributed by atoms with van der Waals surface area (Å²) in [7, 11) is 0. The van der Waals surface area contributed by atoms with E-state index in [1.807, 2.05) is 55.5 Å². The van der Waals surface area contributed by atoms with Crippen molar-refractivity contribution in [1.29, 1.82) is 0 Å². The average molecular weight is 441 g/mol. The minimum Gasteiger partial charge on any atom is -0.338 e. The number of hydrogen-bond donors (Lipinski definition) is 2. The van der Waals surface area contributed by atoms with Crippen molar-refractivity contribution >= 4 is 45.5 Å². The van der Waals surface area contributed by atoms with Gasteiger partial charge < -0.3 is 9.97 Å². The molecule has 156 valence electrons. The number of nitrogens with zero attached hydrogens (tertiary/aromatic N) is 2. The fraction of sp³-hybridized carbons (Fsp3) is 0.0400. The molecular weight excluding hydrogens is 424 g/mol. The highest BCUT2D eigenvalue weighted by Crippen LogP contribution is 2.30. The number of pyridine rings is 2. The summed E-state index contributed by atoms with van der Waals surface area (Å²) in [6, 6.07) is 16.8. The van der Waals surface area contributed by atoms with E-state index in [0.29, 0.717) is 27.4 Å². The number of carbonyl (C=O) groups is 1. The minimum absolute atomic E-state index is 0.0240. The first kappa shape index (κ1) is 19.9. The van der Waals surface area contributed by atoms with Crippen molar-refractivity contribution in [3.05, 3.63) is 99.2 Å². The zero-order valence-electron chi connectivity index (χ0n) is 17.0. The number of ketones is 1. The number of imidazole rings is 1. The molecule has 3 heterocycles. The third kappa shape index (κ3) is 3.61. The Morgan fingerprint density at radius 3 is 2.69 bits per heavy atom. The molecule has 32 heavy (non-hydrogen) atoms. The first-order chi connectivity index (χ1) is 15.5. The molecule has 0 aliphatic carbocycles. The molecule has 0 aliphatic heterocycles. The summed E-state index contributed by atoms with van der Waals surface area (Å²) in [5.74, 6) is 0.0887. The van der Waals surface area contributed by atoms with Gasteiger partial charge in [0.05, 0.1) is 21.6 Å². The van der Waals surface area contributed by atoms with Crippen LogP contribution in [0.1, 0.15) is 21.7 Å². The molecule has 3 aromatic heterocycles. The predicted molar refractivity (Wildman–Crippen MR) is 127 cm³/mol. The number of H-pyrrole nitrogens is 2. The number of allylic oxidation sites excluding steroid dienone is 1. The van der Waals surface area contributed by atoms with Gasteiger partial charge in [-0.2, -0.15) is 0 Å². The van der Waals surface area contributed by atoms with Gasteiger partial charge in [-0.3, -0.25) is 9.59 Å². The lowest BCUT2D eigenvalue weighted by Crippen LogP contribution is -2.19. The highest BCUT2D eigenvalue weighted by Gasteiger charge is 2.20. The molecule has 2 N–H and O–H groups in total. The normalized spacial score (nSPS) is 11.6. The van der Waals surface area contributed by atoms with Gasteiger partial charge in [0.25, 0.3) is 5.56 Å². The Morgan fingerprint density at radius 2 is 1.88 bits per heavy atom. The van der Waals surface area contributed by atoms with Gasteiger partial charge in [0.1, 0.15) is 11.5 Å². The summed E-state index contributed by atoms with van der Waals surface area (Å²) in [5.41, 5.74) is 3.89. The van der Waals surface area contributed by atoms with Gasteiger partial charge in [0.2, 0.25) is 0 Å². The molecule has 2 aromatic carbocycles. The molecule has 5 aromatic rings. The Balaban J connectivity index is 1.65. The first-order valence-corrected chi connectivity index (χ1v) is 10.3. The van der Waals surface area contributed by atoms with Crippen LogP contribution >= 0.6 is 11.6 Å². The van der Waals surface area contributed by atoms with E-state index in [4.69, 9.17) is 11.6 Å². The molecule has 0 unspecified atom stereocenters. The molecular formula is C25H17ClN4O2. The van der Waals surface area contributed by atoms with Crippen LogP contribution in [-0.4, -0.2) is 25.7 Å². The van der Waals surface area contributed by atoms with Crippen LogP contribution in [0.4, 0.5) is 0 Å². The molecule has 0 fully saturated rings. The topological polar surface area (TPSA) is 91.5 Å². The Hall–Kier alpha value is -4.03. The van der Waals surface area contributed by atoms with E-state index in [9.17, 15) is 9.59 Å². The van der Waals surface area contributed by atoms with Gasteiger partial charge in [-0.1, -0.05) is 48.0 Å². The minimum atomic E-state index is -0.513. The van der Waals surface area contributed by atoms with Gasteiger partial charge >= 0.3 is 0 Å². The molecule has 0 amide bonds. The second-order valence-electron chi connectivity index (χ2n) is 7.46. The van der Waals surface area contributed by atoms with E-state index >= 15 is 0 Å². The zero-order chi connectivity index (χ0) is 22.2. The van der Waals surface area contributed by atoms with Crippen LogP contribution in [0.2, 0.25) is 5.02 Å². The van der Waals surface area contributed by atoms with Crippen LogP contribution < -0.4 is 5.56 Å². The summed E-state index contributed by atoms with van der Waals surface area (Å²) >= 11 is 6.17. The van der Waals surface area contributed by atoms with Crippen LogP contribution in [0, 0.1) is 6.92 Å². The number of rotatable bonds is 4. The van der Waals surface area contributed by atoms with Crippen molar-refractivity contribution in [1.82, 2.24) is 19.9 Å². The van der Waals surface area contributed by atoms with E-state index in [2.05, 4.69) is 19.9 Å². The summed E-state index contributed by atoms with van der Waals surface area (Å²) < 4.78 is 0. The monoisotopic (exact) mass is 440 g/mol. The predicted octanol–water partition coefficient (Wildman–Crippen LogP) is 5.32. The molecule has 0 radical (unpaired) electrons. The third-order valence-electron chi connectivity index (χ3n) is 5.19. The lowest BCUT2D eigenvalue weighted by Gasteiger charge is -2.11. The van der Waals surface area contributed by atoms with Crippen molar-refractivity contribution in [2.45, 2.75) is 6.92 Å². The Bertz CT molecular complexity index is 1580. The highest BCUT2D eigenvalue weighted by molar-refractivity contribution is 6.31. The van der Waals surface area contributed by atoms with E-state index in [0.717, 1.165) is 22.2 Å². The fourth-order valence-electron chi connectivity index (χ4n) is 3.75. The Kier molecular flexibility index (Phi) is 4.92. The SMILES string of the molecule is Cc1ccc2nc(C=CC(=O)c3c(-c4ccccc4)c4cc(Cl)cnc4[nH]c3=O)[nH]c2c1. The van der Waals surface area contributed by atoms with Crippen molar-refractivity contribution in [3.63, 3.8) is 0 Å². The van der Waals surface area contributed by atoms with E-state index in [-0.39, 0.29) is 5.56 Å². The molecule has 0 bridgehead atoms. The maximum absolute atomic E-state index is 13.2. The fourth-order valence-corrected chi connectivity index (χ4v) is 3.91. The van der Waals surface area contributed by atoms with Gasteiger partial charge in [-0.05, 0) is 48.4 Å². The Labute approximate surface area is 187 Å². The highest BCUT2D eigenvalue weighted by atomic mass is 35.5. The quantitative estimate of drug-likeness (QED) is 0.292. The number of benzene rings is 2. The van der Waals surface area contributed by atoms with Gasteiger partial charge in [0, 0.05) is 17.1 Å². The standard InChI is InChI=1S/C25H17ClN4O2/c1-14-7-8-18-19(11-14)29-21(28-18)10-9-20(31)23-22(15-5-3-2-4-6-15)17-12-16(26)13-27-24(17)30-25(23)32/h2-13H,1H3,(H,28,29)(H,27,30,32). The second kappa shape index (κ2) is 7.90. The summed E-state index contributed by atoms with van der Waals surface area (Å²) in [6.07, 6.45) is 4.39. The molecule has 0 aliphatic rings. The van der Waals surface area contributed by atoms with E-state index in [1.165, 1.54) is 12.3 Å². The Morgan fingerprint density at radius 1 is 1.06 bits per heavy atom. The first-order valence-electron chi connectivity index (χ1n) is 9.95. The smallest absolute Gasteiger partial charge is 0.261 e. The number of hydrogen-bond acceptors (Lipinski definition) is 4. The number of aryl methyl sites for hydroxylation is 1. The maximum atomic E-state index is 13.2. The van der Waals surface area contributed by atoms with Crippen LogP contribution in [0.25, 0.3) is 39.3 Å². The van der Waals surface area contributed by atoms with Crippen molar-refractivity contribution in [2.24, 2.45) is 0 Å². The number of carbonyl (C=O) groups excluding carboxylic acids is 1. The third-order valence-corrected chi connectivity index (χ3v) is 5.40. The summed E-state index contributed by atoms with van der Waals surface area (Å²) in [4.78, 5) is 40.7. The van der Waals surface area contributed by atoms with Gasteiger partial charge in [-0.25, -0.2) is 9.97 Å². The van der Waals surface area contributed by atoms with E-state index < -0.39 is 11.3 Å². The van der Waals surface area contributed by atoms with Gasteiger partial charge in [-0.15, -0.1) is 0 Å². The van der Waals surface area contributed by atoms with Crippen LogP contribution in [0.15, 0.2) is 71.7 Å². The number of aromatic amines is 2. The lowest BCUT2D eigenvalue weighted by atomic mass is 9.95. The molecule has 0 saturated carbocycles. The number of fused-ring (bicyclic) bond motifs is 2. The second-order valence-corrected chi connectivity index (χ2v) is 7.90. The van der Waals surface area contributed by atoms with E-state index in [1.54, 1.807) is 12.1 Å². The van der Waals surface area contributed by atoms with Crippen molar-refractivity contribution in [3.8, 4) is 11.1 Å². The average Bonchev–Trinajstić information content (AvgIpc) is 3.19. The zero-order valence-corrected chi connectivity index (χ0v) is 17.8. The van der Waals surface area contributed by atoms with Crippen molar-refractivity contribution < 1.29 is 4.79 Å².